The second kappa shape index (κ2) is 5.45. The SMILES string of the molecule is C=CC(C)(C)C(=O)C(=O)C=C(O)c1ccccc1. The van der Waals surface area contributed by atoms with Gasteiger partial charge in [0.1, 0.15) is 5.76 Å². The minimum atomic E-state index is -0.926. The van der Waals surface area contributed by atoms with E-state index >= 15 is 0 Å². The van der Waals surface area contributed by atoms with Gasteiger partial charge in [-0.3, -0.25) is 9.59 Å². The zero-order valence-electron chi connectivity index (χ0n) is 10.5. The average Bonchev–Trinajstić information content (AvgIpc) is 2.38. The Hall–Kier alpha value is -2.16. The van der Waals surface area contributed by atoms with Crippen molar-refractivity contribution in [3.63, 3.8) is 0 Å². The normalized spacial score (nSPS) is 12.0. The van der Waals surface area contributed by atoms with Crippen LogP contribution in [0.3, 0.4) is 0 Å². The number of carbonyl (C=O) groups is 2. The van der Waals surface area contributed by atoms with Crippen LogP contribution in [0, 0.1) is 5.41 Å². The first-order valence-corrected chi connectivity index (χ1v) is 5.57. The molecular weight excluding hydrogens is 228 g/mol. The number of benzene rings is 1. The molecule has 3 nitrogen and oxygen atoms in total. The standard InChI is InChI=1S/C15H16O3/c1-4-15(2,3)14(18)13(17)10-12(16)11-8-6-5-7-9-11/h4-10,16H,1H2,2-3H3. The summed E-state index contributed by atoms with van der Waals surface area (Å²) < 4.78 is 0. The molecule has 0 aliphatic heterocycles. The lowest BCUT2D eigenvalue weighted by molar-refractivity contribution is -0.137. The van der Waals surface area contributed by atoms with Gasteiger partial charge >= 0.3 is 0 Å². The highest BCUT2D eigenvalue weighted by atomic mass is 16.3. The van der Waals surface area contributed by atoms with Gasteiger partial charge in [0.15, 0.2) is 0 Å². The summed E-state index contributed by atoms with van der Waals surface area (Å²) in [5, 5.41) is 9.74. The molecule has 0 amide bonds. The van der Waals surface area contributed by atoms with E-state index in [0.29, 0.717) is 5.56 Å². The first-order valence-electron chi connectivity index (χ1n) is 5.57. The average molecular weight is 244 g/mol. The maximum Gasteiger partial charge on any atom is 0.226 e. The van der Waals surface area contributed by atoms with Gasteiger partial charge in [0.05, 0.1) is 0 Å². The molecule has 0 saturated heterocycles. The van der Waals surface area contributed by atoms with Gasteiger partial charge in [0.25, 0.3) is 0 Å². The summed E-state index contributed by atoms with van der Waals surface area (Å²) in [7, 11) is 0. The van der Waals surface area contributed by atoms with Crippen molar-refractivity contribution >= 4 is 17.3 Å². The Kier molecular flexibility index (Phi) is 4.21. The van der Waals surface area contributed by atoms with E-state index in [4.69, 9.17) is 0 Å². The second-order valence-corrected chi connectivity index (χ2v) is 4.51. The highest BCUT2D eigenvalue weighted by Gasteiger charge is 2.28. The van der Waals surface area contributed by atoms with Gasteiger partial charge in [0, 0.05) is 17.1 Å². The molecule has 1 N–H and O–H groups in total. The van der Waals surface area contributed by atoms with E-state index in [1.165, 1.54) is 6.08 Å². The van der Waals surface area contributed by atoms with Crippen molar-refractivity contribution in [2.75, 3.05) is 0 Å². The third-order valence-electron chi connectivity index (χ3n) is 2.66. The summed E-state index contributed by atoms with van der Waals surface area (Å²) in [6, 6.07) is 8.58. The number of aliphatic hydroxyl groups excluding tert-OH is 1. The van der Waals surface area contributed by atoms with Crippen LogP contribution in [0.1, 0.15) is 19.4 Å². The number of hydrogen-bond donors (Lipinski definition) is 1. The molecule has 0 aliphatic rings. The molecule has 0 unspecified atom stereocenters. The molecule has 1 aromatic rings. The van der Waals surface area contributed by atoms with Crippen molar-refractivity contribution < 1.29 is 14.7 Å². The van der Waals surface area contributed by atoms with Crippen LogP contribution in [0.5, 0.6) is 0 Å². The fourth-order valence-electron chi connectivity index (χ4n) is 1.29. The molecule has 0 aromatic heterocycles. The van der Waals surface area contributed by atoms with Gasteiger partial charge in [-0.05, 0) is 13.8 Å². The predicted octanol–water partition coefficient (Wildman–Crippen LogP) is 2.94. The predicted molar refractivity (Wildman–Crippen MR) is 71.0 cm³/mol. The van der Waals surface area contributed by atoms with Gasteiger partial charge < -0.3 is 5.11 Å². The molecule has 3 heteroatoms. The van der Waals surface area contributed by atoms with Gasteiger partial charge in [0.2, 0.25) is 11.6 Å². The van der Waals surface area contributed by atoms with Crippen LogP contribution in [-0.4, -0.2) is 16.7 Å². The summed E-state index contributed by atoms with van der Waals surface area (Å²) in [4.78, 5) is 23.5. The molecule has 0 aliphatic carbocycles. The van der Waals surface area contributed by atoms with E-state index in [1.807, 2.05) is 0 Å². The quantitative estimate of drug-likeness (QED) is 0.375. The molecule has 1 rings (SSSR count). The Bertz CT molecular complexity index is 496. The Labute approximate surface area is 106 Å². The molecule has 0 saturated carbocycles. The summed E-state index contributed by atoms with van der Waals surface area (Å²) >= 11 is 0. The van der Waals surface area contributed by atoms with E-state index in [1.54, 1.807) is 44.2 Å². The van der Waals surface area contributed by atoms with Gasteiger partial charge in [-0.1, -0.05) is 36.4 Å². The molecular formula is C15H16O3. The largest absolute Gasteiger partial charge is 0.507 e. The number of ketones is 2. The van der Waals surface area contributed by atoms with Crippen LogP contribution in [0.2, 0.25) is 0 Å². The zero-order valence-corrected chi connectivity index (χ0v) is 10.5. The minimum absolute atomic E-state index is 0.214. The lowest BCUT2D eigenvalue weighted by atomic mass is 9.86. The highest BCUT2D eigenvalue weighted by Crippen LogP contribution is 2.19. The summed E-state index contributed by atoms with van der Waals surface area (Å²) in [5.74, 6) is -1.55. The Morgan fingerprint density at radius 3 is 2.28 bits per heavy atom. The second-order valence-electron chi connectivity index (χ2n) is 4.51. The molecule has 1 aromatic carbocycles. The fourth-order valence-corrected chi connectivity index (χ4v) is 1.29. The maximum absolute atomic E-state index is 11.8. The fraction of sp³-hybridized carbons (Fsp3) is 0.200. The van der Waals surface area contributed by atoms with Crippen molar-refractivity contribution in [3.8, 4) is 0 Å². The summed E-state index contributed by atoms with van der Waals surface area (Å²) in [6.45, 7) is 6.73. The van der Waals surface area contributed by atoms with E-state index in [-0.39, 0.29) is 5.76 Å². The Balaban J connectivity index is 2.94. The number of rotatable bonds is 5. The zero-order chi connectivity index (χ0) is 13.8. The molecule has 0 atom stereocenters. The third kappa shape index (κ3) is 3.17. The lowest BCUT2D eigenvalue weighted by Gasteiger charge is -2.15. The molecule has 0 bridgehead atoms. The number of Topliss-reactive ketones (excluding diaryl/α,β-unsaturated/α-hetero) is 1. The molecule has 18 heavy (non-hydrogen) atoms. The van der Waals surface area contributed by atoms with Crippen LogP contribution < -0.4 is 0 Å². The van der Waals surface area contributed by atoms with Gasteiger partial charge in [-0.25, -0.2) is 0 Å². The number of hydrogen-bond acceptors (Lipinski definition) is 3. The van der Waals surface area contributed by atoms with Crippen molar-refractivity contribution in [1.29, 1.82) is 0 Å². The Morgan fingerprint density at radius 2 is 1.78 bits per heavy atom. The monoisotopic (exact) mass is 244 g/mol. The third-order valence-corrected chi connectivity index (χ3v) is 2.66. The van der Waals surface area contributed by atoms with Crippen LogP contribution in [0.4, 0.5) is 0 Å². The highest BCUT2D eigenvalue weighted by molar-refractivity contribution is 6.44. The molecule has 0 radical (unpaired) electrons. The smallest absolute Gasteiger partial charge is 0.226 e. The van der Waals surface area contributed by atoms with E-state index in [0.717, 1.165) is 6.08 Å². The van der Waals surface area contributed by atoms with Crippen LogP contribution in [0.25, 0.3) is 5.76 Å². The first kappa shape index (κ1) is 13.9. The van der Waals surface area contributed by atoms with Crippen LogP contribution in [0.15, 0.2) is 49.1 Å². The van der Waals surface area contributed by atoms with Gasteiger partial charge in [-0.2, -0.15) is 0 Å². The van der Waals surface area contributed by atoms with E-state index < -0.39 is 17.0 Å². The molecule has 0 heterocycles. The van der Waals surface area contributed by atoms with Crippen LogP contribution in [-0.2, 0) is 9.59 Å². The van der Waals surface area contributed by atoms with E-state index in [2.05, 4.69) is 6.58 Å². The van der Waals surface area contributed by atoms with Crippen molar-refractivity contribution in [2.24, 2.45) is 5.41 Å². The molecule has 0 spiro atoms. The van der Waals surface area contributed by atoms with E-state index in [9.17, 15) is 14.7 Å². The first-order chi connectivity index (χ1) is 8.38. The molecule has 94 valence electrons. The summed E-state index contributed by atoms with van der Waals surface area (Å²) in [6.07, 6.45) is 2.36. The maximum atomic E-state index is 11.8. The summed E-state index contributed by atoms with van der Waals surface area (Å²) in [5.41, 5.74) is -0.431. The van der Waals surface area contributed by atoms with Crippen molar-refractivity contribution in [1.82, 2.24) is 0 Å². The Morgan fingerprint density at radius 1 is 1.22 bits per heavy atom. The van der Waals surface area contributed by atoms with Gasteiger partial charge in [-0.15, -0.1) is 6.58 Å². The van der Waals surface area contributed by atoms with Crippen LogP contribution >= 0.6 is 0 Å². The molecule has 0 fully saturated rings. The number of aliphatic hydroxyl groups is 1. The van der Waals surface area contributed by atoms with Crippen molar-refractivity contribution in [2.45, 2.75) is 13.8 Å². The number of allylic oxidation sites excluding steroid dienone is 2. The number of carbonyl (C=O) groups excluding carboxylic acids is 2. The lowest BCUT2D eigenvalue weighted by Crippen LogP contribution is -2.28. The topological polar surface area (TPSA) is 54.4 Å². The van der Waals surface area contributed by atoms with Crippen molar-refractivity contribution in [3.05, 3.63) is 54.6 Å². The minimum Gasteiger partial charge on any atom is -0.507 e.